The van der Waals surface area contributed by atoms with E-state index in [0.29, 0.717) is 25.9 Å². The summed E-state index contributed by atoms with van der Waals surface area (Å²) in [5.74, 6) is -0.311. The molecule has 2 aromatic rings. The quantitative estimate of drug-likeness (QED) is 0.727. The van der Waals surface area contributed by atoms with Crippen molar-refractivity contribution >= 4 is 17.7 Å². The Hall–Kier alpha value is -2.94. The fraction of sp³-hybridized carbons (Fsp3) is 0.444. The molecule has 1 aromatic heterocycles. The second-order valence-corrected chi connectivity index (χ2v) is 6.70. The number of aliphatic hydroxyl groups excluding tert-OH is 1. The van der Waals surface area contributed by atoms with E-state index in [0.717, 1.165) is 16.9 Å². The van der Waals surface area contributed by atoms with E-state index in [1.54, 1.807) is 10.9 Å². The number of hydrogen-bond acceptors (Lipinski definition) is 5. The zero-order valence-corrected chi connectivity index (χ0v) is 15.1. The number of amides is 2. The summed E-state index contributed by atoms with van der Waals surface area (Å²) in [5, 5.41) is 30.3. The van der Waals surface area contributed by atoms with Crippen molar-refractivity contribution in [2.75, 3.05) is 18.4 Å². The zero-order chi connectivity index (χ0) is 19.4. The third-order valence-electron chi connectivity index (χ3n) is 4.74. The average Bonchev–Trinajstić information content (AvgIpc) is 3.08. The number of carbonyl (C=O) groups is 2. The lowest BCUT2D eigenvalue weighted by atomic mass is 9.91. The van der Waals surface area contributed by atoms with Gasteiger partial charge in [0.05, 0.1) is 24.5 Å². The number of carbonyl (C=O) groups excluding carboxylic acids is 1. The lowest BCUT2D eigenvalue weighted by molar-refractivity contribution is -0.114. The van der Waals surface area contributed by atoms with Crippen molar-refractivity contribution in [1.29, 1.82) is 0 Å². The highest BCUT2D eigenvalue weighted by Gasteiger charge is 2.33. The highest BCUT2D eigenvalue weighted by atomic mass is 16.4. The Labute approximate surface area is 156 Å². The lowest BCUT2D eigenvalue weighted by Crippen LogP contribution is -2.45. The van der Waals surface area contributed by atoms with Gasteiger partial charge in [-0.05, 0) is 30.5 Å². The van der Waals surface area contributed by atoms with Gasteiger partial charge in [0.25, 0.3) is 0 Å². The van der Waals surface area contributed by atoms with Crippen LogP contribution in [0.3, 0.4) is 0 Å². The van der Waals surface area contributed by atoms with Crippen molar-refractivity contribution in [2.45, 2.75) is 38.3 Å². The third kappa shape index (κ3) is 4.62. The van der Waals surface area contributed by atoms with Gasteiger partial charge in [0.2, 0.25) is 5.91 Å². The normalized spacial score (nSPS) is 19.7. The minimum Gasteiger partial charge on any atom is -0.465 e. The smallest absolute Gasteiger partial charge is 0.407 e. The van der Waals surface area contributed by atoms with Crippen LogP contribution in [0.1, 0.15) is 30.5 Å². The number of aromatic nitrogens is 3. The molecule has 2 amide bonds. The molecule has 0 saturated carbocycles. The van der Waals surface area contributed by atoms with Crippen molar-refractivity contribution in [1.82, 2.24) is 19.9 Å². The van der Waals surface area contributed by atoms with Crippen LogP contribution in [0.2, 0.25) is 0 Å². The maximum Gasteiger partial charge on any atom is 0.407 e. The van der Waals surface area contributed by atoms with Gasteiger partial charge in [0.15, 0.2) is 0 Å². The van der Waals surface area contributed by atoms with Gasteiger partial charge in [0.1, 0.15) is 0 Å². The number of β-amino-alcohol motifs (C(OH)–C–C–N with tert-alkyl or cyclic N) is 1. The number of nitrogens with zero attached hydrogens (tertiary/aromatic N) is 4. The molecule has 1 fully saturated rings. The molecule has 0 spiro atoms. The number of aliphatic hydroxyl groups is 1. The van der Waals surface area contributed by atoms with Crippen LogP contribution < -0.4 is 5.32 Å². The fourth-order valence-electron chi connectivity index (χ4n) is 3.42. The zero-order valence-electron chi connectivity index (χ0n) is 15.1. The number of benzene rings is 1. The van der Waals surface area contributed by atoms with E-state index in [4.69, 9.17) is 5.11 Å². The van der Waals surface area contributed by atoms with Gasteiger partial charge < -0.3 is 20.4 Å². The number of likely N-dealkylation sites (tertiary alicyclic amines) is 1. The number of aryl methyl sites for hydroxylation is 2. The first kappa shape index (κ1) is 18.8. The summed E-state index contributed by atoms with van der Waals surface area (Å²) >= 11 is 0. The Morgan fingerprint density at radius 2 is 2.19 bits per heavy atom. The van der Waals surface area contributed by atoms with Gasteiger partial charge >= 0.3 is 6.09 Å². The van der Waals surface area contributed by atoms with Crippen molar-refractivity contribution in [3.8, 4) is 0 Å². The highest BCUT2D eigenvalue weighted by Crippen LogP contribution is 2.28. The first-order valence-corrected chi connectivity index (χ1v) is 8.85. The molecule has 0 unspecified atom stereocenters. The Kier molecular flexibility index (Phi) is 5.70. The molecule has 3 rings (SSSR count). The summed E-state index contributed by atoms with van der Waals surface area (Å²) in [6.45, 7) is 2.50. The summed E-state index contributed by atoms with van der Waals surface area (Å²) in [5.41, 5.74) is 2.60. The predicted molar refractivity (Wildman–Crippen MR) is 97.4 cm³/mol. The summed E-state index contributed by atoms with van der Waals surface area (Å²) < 4.78 is 1.76. The molecule has 2 heterocycles. The van der Waals surface area contributed by atoms with E-state index >= 15 is 0 Å². The molecule has 27 heavy (non-hydrogen) atoms. The average molecular weight is 373 g/mol. The first-order chi connectivity index (χ1) is 12.9. The highest BCUT2D eigenvalue weighted by molar-refractivity contribution is 5.88. The van der Waals surface area contributed by atoms with Crippen molar-refractivity contribution in [3.63, 3.8) is 0 Å². The van der Waals surface area contributed by atoms with Crippen LogP contribution in [-0.2, 0) is 17.8 Å². The van der Waals surface area contributed by atoms with E-state index in [-0.39, 0.29) is 18.4 Å². The molecule has 9 heteroatoms. The van der Waals surface area contributed by atoms with Gasteiger partial charge in [-0.1, -0.05) is 17.3 Å². The second kappa shape index (κ2) is 8.17. The summed E-state index contributed by atoms with van der Waals surface area (Å²) in [4.78, 5) is 23.5. The van der Waals surface area contributed by atoms with Crippen LogP contribution in [0.5, 0.6) is 0 Å². The summed E-state index contributed by atoms with van der Waals surface area (Å²) in [7, 11) is 0. The number of nitrogens with one attached hydrogen (secondary N) is 1. The van der Waals surface area contributed by atoms with Crippen LogP contribution in [-0.4, -0.2) is 61.3 Å². The van der Waals surface area contributed by atoms with E-state index in [1.165, 1.54) is 11.8 Å². The number of anilines is 1. The van der Waals surface area contributed by atoms with Crippen molar-refractivity contribution < 1.29 is 19.8 Å². The molecule has 1 aromatic carbocycles. The molecule has 144 valence electrons. The molecule has 1 aliphatic rings. The van der Waals surface area contributed by atoms with Gasteiger partial charge in [-0.2, -0.15) is 0 Å². The van der Waals surface area contributed by atoms with Gasteiger partial charge in [0, 0.05) is 31.6 Å². The van der Waals surface area contributed by atoms with E-state index < -0.39 is 12.2 Å². The molecule has 9 nitrogen and oxygen atoms in total. The molecule has 0 radical (unpaired) electrons. The molecular weight excluding hydrogens is 350 g/mol. The fourth-order valence-corrected chi connectivity index (χ4v) is 3.42. The molecule has 0 aliphatic carbocycles. The van der Waals surface area contributed by atoms with Crippen LogP contribution in [0.4, 0.5) is 10.5 Å². The van der Waals surface area contributed by atoms with Crippen LogP contribution in [0, 0.1) is 0 Å². The maximum absolute atomic E-state index is 11.2. The lowest BCUT2D eigenvalue weighted by Gasteiger charge is -2.34. The van der Waals surface area contributed by atoms with E-state index in [1.807, 2.05) is 24.3 Å². The maximum atomic E-state index is 11.2. The van der Waals surface area contributed by atoms with Gasteiger partial charge in [-0.25, -0.2) is 9.48 Å². The van der Waals surface area contributed by atoms with E-state index in [2.05, 4.69) is 15.6 Å². The Morgan fingerprint density at radius 3 is 2.89 bits per heavy atom. The number of carboxylic acid groups (broad SMARTS) is 1. The molecule has 3 N–H and O–H groups in total. The topological polar surface area (TPSA) is 121 Å². The number of piperidine rings is 1. The third-order valence-corrected chi connectivity index (χ3v) is 4.74. The standard InChI is InChI=1S/C18H23N5O4/c1-12(24)20-14-4-2-3-13(9-14)5-8-23-16(10-19-21-23)15-6-7-22(18(26)27)11-17(15)25/h2-4,9-10,15,17,25H,5-8,11H2,1H3,(H,20,24)(H,26,27)/t15-,17+/m1/s1. The van der Waals surface area contributed by atoms with Crippen LogP contribution >= 0.6 is 0 Å². The van der Waals surface area contributed by atoms with E-state index in [9.17, 15) is 14.7 Å². The molecule has 1 saturated heterocycles. The number of rotatable bonds is 5. The Bertz CT molecular complexity index is 822. The summed E-state index contributed by atoms with van der Waals surface area (Å²) in [6.07, 6.45) is 1.05. The SMILES string of the molecule is CC(=O)Nc1cccc(CCn2nncc2[C@H]2CCN(C(=O)O)C[C@@H]2O)c1. The molecule has 1 aliphatic heterocycles. The number of hydrogen-bond donors (Lipinski definition) is 3. The summed E-state index contributed by atoms with van der Waals surface area (Å²) in [6, 6.07) is 7.60. The largest absolute Gasteiger partial charge is 0.465 e. The van der Waals surface area contributed by atoms with Crippen molar-refractivity contribution in [2.24, 2.45) is 0 Å². The predicted octanol–water partition coefficient (Wildman–Crippen LogP) is 1.31. The first-order valence-electron chi connectivity index (χ1n) is 8.85. The van der Waals surface area contributed by atoms with Gasteiger partial charge in [-0.15, -0.1) is 5.10 Å². The molecular formula is C18H23N5O4. The Morgan fingerprint density at radius 1 is 1.37 bits per heavy atom. The minimum atomic E-state index is -1.02. The van der Waals surface area contributed by atoms with Crippen LogP contribution in [0.15, 0.2) is 30.5 Å². The molecule has 2 atom stereocenters. The van der Waals surface area contributed by atoms with Crippen LogP contribution in [0.25, 0.3) is 0 Å². The van der Waals surface area contributed by atoms with Gasteiger partial charge in [-0.3, -0.25) is 4.79 Å². The Balaban J connectivity index is 1.66. The minimum absolute atomic E-state index is 0.0872. The monoisotopic (exact) mass is 373 g/mol. The molecule has 0 bridgehead atoms. The van der Waals surface area contributed by atoms with Crippen molar-refractivity contribution in [3.05, 3.63) is 41.7 Å². The second-order valence-electron chi connectivity index (χ2n) is 6.70.